The van der Waals surface area contributed by atoms with Gasteiger partial charge in [-0.05, 0) is 23.6 Å². The highest BCUT2D eigenvalue weighted by molar-refractivity contribution is 5.95. The topological polar surface area (TPSA) is 247 Å². The van der Waals surface area contributed by atoms with Gasteiger partial charge in [0.25, 0.3) is 0 Å². The van der Waals surface area contributed by atoms with E-state index in [9.17, 15) is 33.9 Å². The minimum atomic E-state index is -1.45. The van der Waals surface area contributed by atoms with E-state index in [1.165, 1.54) is 0 Å². The van der Waals surface area contributed by atoms with Crippen LogP contribution in [0.4, 0.5) is 0 Å². The summed E-state index contributed by atoms with van der Waals surface area (Å²) in [6.45, 7) is 0. The van der Waals surface area contributed by atoms with E-state index >= 15 is 0 Å². The number of carbonyl (C=O) groups excluding carboxylic acids is 4. The van der Waals surface area contributed by atoms with Crippen LogP contribution in [0.5, 0.6) is 0 Å². The number of rotatable bonds is 16. The maximum Gasteiger partial charge on any atom is 0.326 e. The molecule has 1 aromatic heterocycles. The molecule has 1 heterocycles. The zero-order chi connectivity index (χ0) is 31.5. The molecule has 4 unspecified atom stereocenters. The fourth-order valence-electron chi connectivity index (χ4n) is 4.44. The summed E-state index contributed by atoms with van der Waals surface area (Å²) in [4.78, 5) is 77.0. The lowest BCUT2D eigenvalue weighted by molar-refractivity contribution is -0.142. The molecule has 14 heteroatoms. The van der Waals surface area contributed by atoms with Crippen LogP contribution in [0.15, 0.2) is 60.8 Å². The van der Waals surface area contributed by atoms with Crippen molar-refractivity contribution in [3.05, 3.63) is 71.9 Å². The highest BCUT2D eigenvalue weighted by Crippen LogP contribution is 2.19. The fraction of sp³-hybridized carbons (Fsp3) is 0.310. The number of hydrogen-bond acceptors (Lipinski definition) is 7. The second-order valence-electron chi connectivity index (χ2n) is 9.98. The third-order valence-corrected chi connectivity index (χ3v) is 6.67. The first kappa shape index (κ1) is 32.3. The Morgan fingerprint density at radius 3 is 2.02 bits per heavy atom. The number of nitrogens with two attached hydrogens (primary N) is 2. The molecule has 228 valence electrons. The average molecular weight is 595 g/mol. The van der Waals surface area contributed by atoms with Crippen LogP contribution in [0.1, 0.15) is 30.4 Å². The van der Waals surface area contributed by atoms with Crippen molar-refractivity contribution in [2.45, 2.75) is 56.3 Å². The zero-order valence-corrected chi connectivity index (χ0v) is 23.1. The number of carboxylic acid groups (broad SMARTS) is 2. The van der Waals surface area contributed by atoms with Crippen molar-refractivity contribution < 1.29 is 39.0 Å². The summed E-state index contributed by atoms with van der Waals surface area (Å²) in [5.41, 5.74) is 13.0. The Bertz CT molecular complexity index is 1470. The van der Waals surface area contributed by atoms with E-state index in [1.54, 1.807) is 48.7 Å². The molecule has 3 rings (SSSR count). The van der Waals surface area contributed by atoms with Crippen LogP contribution in [0.25, 0.3) is 10.9 Å². The summed E-state index contributed by atoms with van der Waals surface area (Å²) in [5.74, 6) is -6.01. The number of carbonyl (C=O) groups is 6. The maximum absolute atomic E-state index is 13.4. The van der Waals surface area contributed by atoms with Crippen LogP contribution in [-0.2, 0) is 41.6 Å². The molecule has 0 aliphatic heterocycles. The third-order valence-electron chi connectivity index (χ3n) is 6.67. The number of amides is 4. The molecule has 4 amide bonds. The molecule has 0 radical (unpaired) electrons. The molecule has 0 aliphatic carbocycles. The average Bonchev–Trinajstić information content (AvgIpc) is 3.37. The van der Waals surface area contributed by atoms with Crippen LogP contribution >= 0.6 is 0 Å². The summed E-state index contributed by atoms with van der Waals surface area (Å²) in [6, 6.07) is 10.3. The Morgan fingerprint density at radius 2 is 1.37 bits per heavy atom. The number of benzene rings is 2. The van der Waals surface area contributed by atoms with Crippen molar-refractivity contribution in [1.29, 1.82) is 0 Å². The smallest absolute Gasteiger partial charge is 0.326 e. The van der Waals surface area contributed by atoms with Gasteiger partial charge >= 0.3 is 11.9 Å². The zero-order valence-electron chi connectivity index (χ0n) is 23.1. The molecular formula is C29H34N6O8. The van der Waals surface area contributed by atoms with Crippen molar-refractivity contribution in [2.24, 2.45) is 11.5 Å². The lowest BCUT2D eigenvalue weighted by atomic mass is 10.0. The van der Waals surface area contributed by atoms with Crippen LogP contribution in [0.3, 0.4) is 0 Å². The Balaban J connectivity index is 1.80. The molecule has 2 aromatic carbocycles. The molecule has 0 saturated heterocycles. The van der Waals surface area contributed by atoms with Gasteiger partial charge in [-0.1, -0.05) is 48.5 Å². The number of aromatic amines is 1. The van der Waals surface area contributed by atoms with Gasteiger partial charge in [0.1, 0.15) is 18.1 Å². The van der Waals surface area contributed by atoms with E-state index in [4.69, 9.17) is 16.6 Å². The molecule has 14 nitrogen and oxygen atoms in total. The Labute approximate surface area is 246 Å². The van der Waals surface area contributed by atoms with Gasteiger partial charge < -0.3 is 42.6 Å². The molecule has 0 saturated carbocycles. The van der Waals surface area contributed by atoms with Crippen LogP contribution in [0, 0.1) is 0 Å². The SMILES string of the molecule is NC(=O)CCC(NC(=O)C(Cc1ccccc1)NC(=O)C(N)CC(=O)O)C(=O)NC(Cc1c[nH]c2ccccc12)C(=O)O. The van der Waals surface area contributed by atoms with Crippen molar-refractivity contribution in [1.82, 2.24) is 20.9 Å². The molecule has 0 fully saturated rings. The highest BCUT2D eigenvalue weighted by atomic mass is 16.4. The monoisotopic (exact) mass is 594 g/mol. The lowest BCUT2D eigenvalue weighted by Crippen LogP contribution is -2.58. The lowest BCUT2D eigenvalue weighted by Gasteiger charge is -2.25. The van der Waals surface area contributed by atoms with Gasteiger partial charge in [0, 0.05) is 36.4 Å². The van der Waals surface area contributed by atoms with Gasteiger partial charge in [-0.25, -0.2) is 4.79 Å². The normalized spacial score (nSPS) is 13.7. The second-order valence-corrected chi connectivity index (χ2v) is 9.98. The predicted octanol–water partition coefficient (Wildman–Crippen LogP) is -0.440. The standard InChI is InChI=1S/C29H34N6O8/c30-19(14-25(37)38)26(39)34-22(12-16-6-2-1-3-7-16)28(41)33-21(10-11-24(31)36)27(40)35-23(29(42)43)13-17-15-32-20-9-5-4-8-18(17)20/h1-9,15,19,21-23,32H,10-14,30H2,(H2,31,36)(H,33,41)(H,34,39)(H,35,40)(H,37,38)(H,42,43). The number of H-pyrrole nitrogens is 1. The first-order valence-corrected chi connectivity index (χ1v) is 13.4. The third kappa shape index (κ3) is 9.67. The van der Waals surface area contributed by atoms with Crippen LogP contribution in [0.2, 0.25) is 0 Å². The predicted molar refractivity (Wildman–Crippen MR) is 154 cm³/mol. The molecule has 0 bridgehead atoms. The molecule has 4 atom stereocenters. The Hall–Kier alpha value is -5.24. The van der Waals surface area contributed by atoms with E-state index < -0.39 is 66.2 Å². The molecule has 43 heavy (non-hydrogen) atoms. The molecule has 0 aliphatic rings. The van der Waals surface area contributed by atoms with E-state index in [1.807, 2.05) is 12.1 Å². The summed E-state index contributed by atoms with van der Waals surface area (Å²) in [6.07, 6.45) is 0.290. The van der Waals surface area contributed by atoms with Crippen molar-refractivity contribution >= 4 is 46.5 Å². The van der Waals surface area contributed by atoms with E-state index in [-0.39, 0.29) is 25.7 Å². The van der Waals surface area contributed by atoms with Gasteiger partial charge in [-0.3, -0.25) is 24.0 Å². The largest absolute Gasteiger partial charge is 0.481 e. The summed E-state index contributed by atoms with van der Waals surface area (Å²) in [5, 5.41) is 26.9. The second kappa shape index (κ2) is 15.1. The first-order valence-electron chi connectivity index (χ1n) is 13.4. The molecule has 0 spiro atoms. The summed E-state index contributed by atoms with van der Waals surface area (Å²) in [7, 11) is 0. The molecule has 10 N–H and O–H groups in total. The van der Waals surface area contributed by atoms with Crippen molar-refractivity contribution in [3.63, 3.8) is 0 Å². The van der Waals surface area contributed by atoms with Gasteiger partial charge in [-0.15, -0.1) is 0 Å². The Morgan fingerprint density at radius 1 is 0.767 bits per heavy atom. The highest BCUT2D eigenvalue weighted by Gasteiger charge is 2.31. The van der Waals surface area contributed by atoms with E-state index in [0.717, 1.165) is 10.9 Å². The van der Waals surface area contributed by atoms with Gasteiger partial charge in [0.05, 0.1) is 12.5 Å². The van der Waals surface area contributed by atoms with Gasteiger partial charge in [-0.2, -0.15) is 0 Å². The van der Waals surface area contributed by atoms with Crippen molar-refractivity contribution in [3.8, 4) is 0 Å². The van der Waals surface area contributed by atoms with E-state index in [0.29, 0.717) is 11.1 Å². The number of fused-ring (bicyclic) bond motifs is 1. The fourth-order valence-corrected chi connectivity index (χ4v) is 4.44. The number of primary amides is 1. The summed E-state index contributed by atoms with van der Waals surface area (Å²) >= 11 is 0. The minimum Gasteiger partial charge on any atom is -0.481 e. The Kier molecular flexibility index (Phi) is 11.3. The number of nitrogens with one attached hydrogen (secondary N) is 4. The quantitative estimate of drug-likeness (QED) is 0.107. The molecule has 3 aromatic rings. The first-order chi connectivity index (χ1) is 20.4. The maximum atomic E-state index is 13.4. The van der Waals surface area contributed by atoms with Crippen LogP contribution < -0.4 is 27.4 Å². The van der Waals surface area contributed by atoms with Crippen LogP contribution in [-0.4, -0.2) is 74.9 Å². The number of aromatic nitrogens is 1. The van der Waals surface area contributed by atoms with Crippen molar-refractivity contribution in [2.75, 3.05) is 0 Å². The minimum absolute atomic E-state index is 0.0410. The summed E-state index contributed by atoms with van der Waals surface area (Å²) < 4.78 is 0. The number of para-hydroxylation sites is 1. The van der Waals surface area contributed by atoms with Gasteiger partial charge in [0.2, 0.25) is 23.6 Å². The number of aliphatic carboxylic acids is 2. The van der Waals surface area contributed by atoms with Gasteiger partial charge in [0.15, 0.2) is 0 Å². The number of hydrogen-bond donors (Lipinski definition) is 8. The number of carboxylic acids is 2. The molecular weight excluding hydrogens is 560 g/mol. The van der Waals surface area contributed by atoms with E-state index in [2.05, 4.69) is 20.9 Å².